The van der Waals surface area contributed by atoms with Crippen LogP contribution in [-0.2, 0) is 17.9 Å². The summed E-state index contributed by atoms with van der Waals surface area (Å²) >= 11 is 0. The highest BCUT2D eigenvalue weighted by Gasteiger charge is 2.07. The van der Waals surface area contributed by atoms with Gasteiger partial charge in [-0.2, -0.15) is 0 Å². The van der Waals surface area contributed by atoms with Crippen molar-refractivity contribution in [2.75, 3.05) is 6.54 Å². The first-order valence-corrected chi connectivity index (χ1v) is 8.03. The average molecular weight is 323 g/mol. The molecule has 0 aliphatic carbocycles. The van der Waals surface area contributed by atoms with Gasteiger partial charge in [0.15, 0.2) is 5.43 Å². The number of aryl methyl sites for hydroxylation is 2. The maximum atomic E-state index is 12.2. The molecule has 3 aromatic rings. The molecule has 2 heterocycles. The van der Waals surface area contributed by atoms with Gasteiger partial charge < -0.3 is 14.5 Å². The number of pyridine rings is 1. The van der Waals surface area contributed by atoms with Crippen LogP contribution in [0.15, 0.2) is 53.5 Å². The maximum absolute atomic E-state index is 12.2. The van der Waals surface area contributed by atoms with Crippen LogP contribution in [0.1, 0.15) is 11.4 Å². The molecule has 0 bridgehead atoms. The van der Waals surface area contributed by atoms with Crippen molar-refractivity contribution in [2.45, 2.75) is 26.9 Å². The Balaban J connectivity index is 1.59. The fourth-order valence-corrected chi connectivity index (χ4v) is 2.99. The summed E-state index contributed by atoms with van der Waals surface area (Å²) in [7, 11) is 0. The topological polar surface area (TPSA) is 56.0 Å². The van der Waals surface area contributed by atoms with E-state index in [0.29, 0.717) is 6.54 Å². The van der Waals surface area contributed by atoms with Crippen molar-refractivity contribution in [2.24, 2.45) is 0 Å². The monoisotopic (exact) mass is 323 g/mol. The minimum Gasteiger partial charge on any atom is -0.353 e. The van der Waals surface area contributed by atoms with Gasteiger partial charge in [0.05, 0.1) is 0 Å². The second kappa shape index (κ2) is 6.74. The summed E-state index contributed by atoms with van der Waals surface area (Å²) < 4.78 is 3.98. The predicted octanol–water partition coefficient (Wildman–Crippen LogP) is 2.24. The van der Waals surface area contributed by atoms with Crippen molar-refractivity contribution in [3.8, 4) is 0 Å². The lowest BCUT2D eigenvalue weighted by molar-refractivity contribution is -0.121. The van der Waals surface area contributed by atoms with Crippen LogP contribution in [0, 0.1) is 13.8 Å². The van der Waals surface area contributed by atoms with Crippen molar-refractivity contribution >= 4 is 16.8 Å². The Bertz CT molecular complexity index is 911. The number of aromatic nitrogens is 2. The second-order valence-electron chi connectivity index (χ2n) is 5.98. The van der Waals surface area contributed by atoms with E-state index in [1.165, 1.54) is 10.9 Å². The molecule has 0 spiro atoms. The zero-order valence-corrected chi connectivity index (χ0v) is 14.0. The smallest absolute Gasteiger partial charge is 0.239 e. The predicted molar refractivity (Wildman–Crippen MR) is 95.1 cm³/mol. The Hall–Kier alpha value is -2.82. The molecule has 124 valence electrons. The van der Waals surface area contributed by atoms with Gasteiger partial charge in [-0.3, -0.25) is 9.59 Å². The number of rotatable bonds is 5. The van der Waals surface area contributed by atoms with E-state index in [4.69, 9.17) is 0 Å². The molecule has 0 saturated carbocycles. The van der Waals surface area contributed by atoms with Gasteiger partial charge in [0.25, 0.3) is 0 Å². The molecule has 0 atom stereocenters. The number of para-hydroxylation sites is 1. The highest BCUT2D eigenvalue weighted by Crippen LogP contribution is 2.14. The minimum absolute atomic E-state index is 0.0267. The van der Waals surface area contributed by atoms with Gasteiger partial charge in [-0.15, -0.1) is 0 Å². The number of benzene rings is 1. The molecule has 1 amide bonds. The Kier molecular flexibility index (Phi) is 4.51. The maximum Gasteiger partial charge on any atom is 0.239 e. The quantitative estimate of drug-likeness (QED) is 0.783. The Morgan fingerprint density at radius 2 is 1.79 bits per heavy atom. The summed E-state index contributed by atoms with van der Waals surface area (Å²) in [6.45, 7) is 5.20. The minimum atomic E-state index is -0.0543. The van der Waals surface area contributed by atoms with Crippen LogP contribution in [0.2, 0.25) is 0 Å². The molecule has 0 aliphatic heterocycles. The molecular weight excluding hydrogens is 302 g/mol. The molecule has 2 aromatic heterocycles. The van der Waals surface area contributed by atoms with Crippen LogP contribution in [0.4, 0.5) is 0 Å². The summed E-state index contributed by atoms with van der Waals surface area (Å²) in [5.41, 5.74) is 2.73. The number of hydrogen-bond donors (Lipinski definition) is 1. The molecule has 5 nitrogen and oxygen atoms in total. The molecular formula is C19H21N3O2. The molecule has 1 N–H and O–H groups in total. The van der Waals surface area contributed by atoms with Crippen LogP contribution < -0.4 is 10.7 Å². The third-order valence-electron chi connectivity index (χ3n) is 4.21. The molecule has 0 radical (unpaired) electrons. The zero-order chi connectivity index (χ0) is 17.1. The van der Waals surface area contributed by atoms with Crippen LogP contribution in [0.5, 0.6) is 0 Å². The molecule has 3 rings (SSSR count). The number of fused-ring (bicyclic) bond motifs is 1. The number of nitrogens with one attached hydrogen (secondary N) is 1. The van der Waals surface area contributed by atoms with Crippen molar-refractivity contribution in [3.63, 3.8) is 0 Å². The first-order chi connectivity index (χ1) is 11.5. The van der Waals surface area contributed by atoms with E-state index in [2.05, 4.69) is 28.1 Å². The van der Waals surface area contributed by atoms with Crippen LogP contribution in [0.25, 0.3) is 10.9 Å². The molecule has 24 heavy (non-hydrogen) atoms. The first kappa shape index (κ1) is 16.1. The fourth-order valence-electron chi connectivity index (χ4n) is 2.99. The molecule has 0 aliphatic rings. The van der Waals surface area contributed by atoms with Gasteiger partial charge in [0.1, 0.15) is 6.54 Å². The van der Waals surface area contributed by atoms with Crippen molar-refractivity contribution in [3.05, 3.63) is 70.3 Å². The second-order valence-corrected chi connectivity index (χ2v) is 5.98. The van der Waals surface area contributed by atoms with E-state index in [9.17, 15) is 9.59 Å². The van der Waals surface area contributed by atoms with E-state index < -0.39 is 0 Å². The van der Waals surface area contributed by atoms with Crippen molar-refractivity contribution in [1.82, 2.24) is 14.5 Å². The largest absolute Gasteiger partial charge is 0.353 e. The van der Waals surface area contributed by atoms with E-state index in [0.717, 1.165) is 17.9 Å². The van der Waals surface area contributed by atoms with E-state index in [1.807, 2.05) is 36.7 Å². The summed E-state index contributed by atoms with van der Waals surface area (Å²) in [5, 5.41) is 4.14. The highest BCUT2D eigenvalue weighted by atomic mass is 16.2. The lowest BCUT2D eigenvalue weighted by Gasteiger charge is -2.14. The van der Waals surface area contributed by atoms with Gasteiger partial charge in [0, 0.05) is 48.3 Å². The number of carbonyl (C=O) groups excluding carboxylic acids is 1. The average Bonchev–Trinajstić information content (AvgIpc) is 2.94. The zero-order valence-electron chi connectivity index (χ0n) is 14.0. The number of carbonyl (C=O) groups is 1. The molecule has 0 unspecified atom stereocenters. The molecule has 1 aromatic carbocycles. The summed E-state index contributed by atoms with van der Waals surface area (Å²) in [6, 6.07) is 13.3. The number of amides is 1. The van der Waals surface area contributed by atoms with Gasteiger partial charge in [-0.1, -0.05) is 18.2 Å². The number of hydrogen-bond acceptors (Lipinski definition) is 2. The lowest BCUT2D eigenvalue weighted by Crippen LogP contribution is -2.31. The van der Waals surface area contributed by atoms with Crippen LogP contribution >= 0.6 is 0 Å². The molecule has 5 heteroatoms. The molecule has 0 fully saturated rings. The number of nitrogens with zero attached hydrogens (tertiary/aromatic N) is 2. The third kappa shape index (κ3) is 3.40. The van der Waals surface area contributed by atoms with Gasteiger partial charge >= 0.3 is 0 Å². The van der Waals surface area contributed by atoms with Crippen molar-refractivity contribution in [1.29, 1.82) is 0 Å². The lowest BCUT2D eigenvalue weighted by atomic mass is 10.2. The van der Waals surface area contributed by atoms with Crippen molar-refractivity contribution < 1.29 is 4.79 Å². The van der Waals surface area contributed by atoms with E-state index >= 15 is 0 Å². The van der Waals surface area contributed by atoms with E-state index in [1.54, 1.807) is 12.1 Å². The van der Waals surface area contributed by atoms with Gasteiger partial charge in [0.2, 0.25) is 5.91 Å². The SMILES string of the molecule is Cc1cc(=O)cc(C)n1CC(=O)NCCn1ccc2ccccc21. The Morgan fingerprint density at radius 1 is 1.08 bits per heavy atom. The third-order valence-corrected chi connectivity index (χ3v) is 4.21. The summed E-state index contributed by atoms with van der Waals surface area (Å²) in [6.07, 6.45) is 2.03. The summed E-state index contributed by atoms with van der Waals surface area (Å²) in [4.78, 5) is 23.6. The Labute approximate surface area is 140 Å². The van der Waals surface area contributed by atoms with Crippen LogP contribution in [0.3, 0.4) is 0 Å². The molecule has 0 saturated heterocycles. The van der Waals surface area contributed by atoms with Gasteiger partial charge in [-0.25, -0.2) is 0 Å². The van der Waals surface area contributed by atoms with E-state index in [-0.39, 0.29) is 17.9 Å². The van der Waals surface area contributed by atoms with Crippen LogP contribution in [-0.4, -0.2) is 21.6 Å². The fraction of sp³-hybridized carbons (Fsp3) is 0.263. The summed E-state index contributed by atoms with van der Waals surface area (Å²) in [5.74, 6) is -0.0543. The Morgan fingerprint density at radius 3 is 2.54 bits per heavy atom. The standard InChI is InChI=1S/C19H21N3O2/c1-14-11-17(23)12-15(2)22(14)13-19(24)20-8-10-21-9-7-16-5-3-4-6-18(16)21/h3-7,9,11-12H,8,10,13H2,1-2H3,(H,20,24). The normalized spacial score (nSPS) is 10.9. The van der Waals surface area contributed by atoms with Gasteiger partial charge in [-0.05, 0) is 31.4 Å². The first-order valence-electron chi connectivity index (χ1n) is 8.03. The highest BCUT2D eigenvalue weighted by molar-refractivity contribution is 5.80.